The zero-order valence-electron chi connectivity index (χ0n) is 14.0. The topological polar surface area (TPSA) is 83.7 Å². The quantitative estimate of drug-likeness (QED) is 0.747. The van der Waals surface area contributed by atoms with E-state index in [1.165, 1.54) is 0 Å². The molecule has 0 aliphatic rings. The van der Waals surface area contributed by atoms with E-state index in [1.807, 2.05) is 18.2 Å². The molecule has 0 spiro atoms. The third-order valence-corrected chi connectivity index (χ3v) is 3.69. The zero-order valence-corrected chi connectivity index (χ0v) is 14.0. The van der Waals surface area contributed by atoms with E-state index in [-0.39, 0.29) is 6.42 Å². The van der Waals surface area contributed by atoms with Crippen LogP contribution in [0.25, 0.3) is 10.9 Å². The molecule has 3 aromatic rings. The van der Waals surface area contributed by atoms with Crippen LogP contribution in [0.4, 0.5) is 0 Å². The number of carbonyl (C=O) groups excluding carboxylic acids is 1. The summed E-state index contributed by atoms with van der Waals surface area (Å²) in [5.74, 6) is 2.06. The molecule has 0 saturated carbocycles. The van der Waals surface area contributed by atoms with Gasteiger partial charge in [0, 0.05) is 17.6 Å². The lowest BCUT2D eigenvalue weighted by Crippen LogP contribution is -2.13. The van der Waals surface area contributed by atoms with E-state index in [4.69, 9.17) is 19.9 Å². The number of ether oxygens (including phenoxy) is 3. The minimum absolute atomic E-state index is 0.110. The Balaban J connectivity index is 2.01. The van der Waals surface area contributed by atoms with Crippen molar-refractivity contribution in [1.82, 2.24) is 4.98 Å². The number of rotatable bonds is 6. The Morgan fingerprint density at radius 1 is 1.00 bits per heavy atom. The molecule has 0 aliphatic heterocycles. The molecule has 0 radical (unpaired) electrons. The first-order valence-electron chi connectivity index (χ1n) is 7.66. The summed E-state index contributed by atoms with van der Waals surface area (Å²) in [4.78, 5) is 15.5. The van der Waals surface area contributed by atoms with Crippen molar-refractivity contribution >= 4 is 16.8 Å². The lowest BCUT2D eigenvalue weighted by molar-refractivity contribution is -0.117. The molecule has 2 N–H and O–H groups in total. The molecule has 128 valence electrons. The fraction of sp³-hybridized carbons (Fsp3) is 0.158. The molecular weight excluding hydrogens is 320 g/mol. The average Bonchev–Trinajstić information content (AvgIpc) is 2.60. The van der Waals surface area contributed by atoms with Gasteiger partial charge in [0.25, 0.3) is 0 Å². The number of fused-ring (bicyclic) bond motifs is 1. The van der Waals surface area contributed by atoms with Gasteiger partial charge in [0.05, 0.1) is 26.2 Å². The number of primary amides is 1. The van der Waals surface area contributed by atoms with Crippen LogP contribution >= 0.6 is 0 Å². The third kappa shape index (κ3) is 3.80. The van der Waals surface area contributed by atoms with Crippen molar-refractivity contribution in [2.24, 2.45) is 5.73 Å². The number of carbonyl (C=O) groups is 1. The first-order chi connectivity index (χ1) is 12.1. The molecule has 6 nitrogen and oxygen atoms in total. The second-order valence-corrected chi connectivity index (χ2v) is 5.45. The maximum absolute atomic E-state index is 11.2. The summed E-state index contributed by atoms with van der Waals surface area (Å²) in [5, 5.41) is 0.820. The van der Waals surface area contributed by atoms with Crippen LogP contribution in [0.3, 0.4) is 0 Å². The summed E-state index contributed by atoms with van der Waals surface area (Å²) in [6, 6.07) is 12.6. The largest absolute Gasteiger partial charge is 0.497 e. The number of amides is 1. The molecule has 0 bridgehead atoms. The van der Waals surface area contributed by atoms with E-state index in [2.05, 4.69) is 4.98 Å². The van der Waals surface area contributed by atoms with Crippen LogP contribution in [0, 0.1) is 0 Å². The number of aromatic nitrogens is 1. The van der Waals surface area contributed by atoms with Crippen LogP contribution in [0.2, 0.25) is 0 Å². The molecule has 0 atom stereocenters. The van der Waals surface area contributed by atoms with Gasteiger partial charge >= 0.3 is 0 Å². The second-order valence-electron chi connectivity index (χ2n) is 5.45. The molecule has 0 unspecified atom stereocenters. The van der Waals surface area contributed by atoms with Gasteiger partial charge in [-0.25, -0.2) is 0 Å². The van der Waals surface area contributed by atoms with E-state index in [9.17, 15) is 4.79 Å². The highest BCUT2D eigenvalue weighted by Gasteiger charge is 2.09. The number of nitrogens with zero attached hydrogens (tertiary/aromatic N) is 1. The van der Waals surface area contributed by atoms with Crippen molar-refractivity contribution < 1.29 is 19.0 Å². The second kappa shape index (κ2) is 7.09. The number of benzene rings is 2. The van der Waals surface area contributed by atoms with Gasteiger partial charge in [-0.05, 0) is 42.0 Å². The normalized spacial score (nSPS) is 10.5. The molecule has 1 heterocycles. The summed E-state index contributed by atoms with van der Waals surface area (Å²) in [6.45, 7) is 0. The highest BCUT2D eigenvalue weighted by molar-refractivity contribution is 5.86. The van der Waals surface area contributed by atoms with Gasteiger partial charge in [0.1, 0.15) is 23.0 Å². The molecule has 0 aliphatic carbocycles. The van der Waals surface area contributed by atoms with Gasteiger partial charge in [-0.3, -0.25) is 9.78 Å². The van der Waals surface area contributed by atoms with Crippen LogP contribution in [-0.2, 0) is 11.2 Å². The van der Waals surface area contributed by atoms with Gasteiger partial charge in [-0.1, -0.05) is 0 Å². The van der Waals surface area contributed by atoms with Gasteiger partial charge in [0.15, 0.2) is 0 Å². The summed E-state index contributed by atoms with van der Waals surface area (Å²) in [6.07, 6.45) is 1.78. The Hall–Kier alpha value is -3.28. The van der Waals surface area contributed by atoms with Crippen molar-refractivity contribution in [3.8, 4) is 23.0 Å². The van der Waals surface area contributed by atoms with Crippen molar-refractivity contribution in [3.05, 3.63) is 54.2 Å². The number of hydrogen-bond donors (Lipinski definition) is 1. The van der Waals surface area contributed by atoms with Gasteiger partial charge < -0.3 is 19.9 Å². The SMILES string of the molecule is COc1cc(CC(N)=O)cc(Oc2ccnc3ccc(OC)cc23)c1. The molecule has 1 amide bonds. The highest BCUT2D eigenvalue weighted by atomic mass is 16.5. The summed E-state index contributed by atoms with van der Waals surface area (Å²) in [7, 11) is 3.16. The predicted octanol–water partition coefficient (Wildman–Crippen LogP) is 3.07. The number of methoxy groups -OCH3 is 2. The van der Waals surface area contributed by atoms with E-state index < -0.39 is 5.91 Å². The van der Waals surface area contributed by atoms with Gasteiger partial charge in [-0.2, -0.15) is 0 Å². The van der Waals surface area contributed by atoms with E-state index in [1.54, 1.807) is 44.7 Å². The summed E-state index contributed by atoms with van der Waals surface area (Å²) < 4.78 is 16.6. The standard InChI is InChI=1S/C19H18N2O4/c1-23-13-3-4-17-16(11-13)18(5-6-21-17)25-15-8-12(9-19(20)22)7-14(10-15)24-2/h3-8,10-11H,9H2,1-2H3,(H2,20,22). The van der Waals surface area contributed by atoms with Crippen LogP contribution in [-0.4, -0.2) is 25.1 Å². The summed E-state index contributed by atoms with van der Waals surface area (Å²) in [5.41, 5.74) is 6.79. The van der Waals surface area contributed by atoms with E-state index in [0.29, 0.717) is 23.0 Å². The Morgan fingerprint density at radius 2 is 1.76 bits per heavy atom. The molecular formula is C19H18N2O4. The number of nitrogens with two attached hydrogens (primary N) is 1. The van der Waals surface area contributed by atoms with Crippen molar-refractivity contribution in [3.63, 3.8) is 0 Å². The molecule has 6 heteroatoms. The molecule has 3 rings (SSSR count). The van der Waals surface area contributed by atoms with Gasteiger partial charge in [-0.15, -0.1) is 0 Å². The van der Waals surface area contributed by atoms with Crippen molar-refractivity contribution in [2.75, 3.05) is 14.2 Å². The first-order valence-corrected chi connectivity index (χ1v) is 7.66. The molecule has 1 aromatic heterocycles. The van der Waals surface area contributed by atoms with E-state index >= 15 is 0 Å². The lowest BCUT2D eigenvalue weighted by Gasteiger charge is -2.12. The minimum Gasteiger partial charge on any atom is -0.497 e. The maximum atomic E-state index is 11.2. The van der Waals surface area contributed by atoms with Crippen LogP contribution in [0.1, 0.15) is 5.56 Å². The highest BCUT2D eigenvalue weighted by Crippen LogP contribution is 2.33. The Kier molecular flexibility index (Phi) is 4.70. The monoisotopic (exact) mass is 338 g/mol. The van der Waals surface area contributed by atoms with Gasteiger partial charge in [0.2, 0.25) is 5.91 Å². The lowest BCUT2D eigenvalue weighted by atomic mass is 10.1. The molecule has 2 aromatic carbocycles. The Labute approximate surface area is 145 Å². The zero-order chi connectivity index (χ0) is 17.8. The molecule has 0 fully saturated rings. The third-order valence-electron chi connectivity index (χ3n) is 3.69. The predicted molar refractivity (Wildman–Crippen MR) is 94.3 cm³/mol. The fourth-order valence-corrected chi connectivity index (χ4v) is 2.55. The van der Waals surface area contributed by atoms with Crippen molar-refractivity contribution in [2.45, 2.75) is 6.42 Å². The summed E-state index contributed by atoms with van der Waals surface area (Å²) >= 11 is 0. The number of pyridine rings is 1. The van der Waals surface area contributed by atoms with Crippen LogP contribution in [0.15, 0.2) is 48.7 Å². The Morgan fingerprint density at radius 3 is 2.48 bits per heavy atom. The smallest absolute Gasteiger partial charge is 0.221 e. The van der Waals surface area contributed by atoms with E-state index in [0.717, 1.165) is 16.5 Å². The number of hydrogen-bond acceptors (Lipinski definition) is 5. The minimum atomic E-state index is -0.418. The van der Waals surface area contributed by atoms with Crippen LogP contribution in [0.5, 0.6) is 23.0 Å². The first kappa shape index (κ1) is 16.6. The average molecular weight is 338 g/mol. The fourth-order valence-electron chi connectivity index (χ4n) is 2.55. The van der Waals surface area contributed by atoms with Crippen molar-refractivity contribution in [1.29, 1.82) is 0 Å². The molecule has 25 heavy (non-hydrogen) atoms. The molecule has 0 saturated heterocycles. The Bertz CT molecular complexity index is 924. The maximum Gasteiger partial charge on any atom is 0.221 e. The van der Waals surface area contributed by atoms with Crippen LogP contribution < -0.4 is 19.9 Å².